The second kappa shape index (κ2) is 8.18. The van der Waals surface area contributed by atoms with Crippen molar-refractivity contribution in [1.82, 2.24) is 4.98 Å². The van der Waals surface area contributed by atoms with Gasteiger partial charge in [0.2, 0.25) is 0 Å². The molecule has 1 heterocycles. The highest BCUT2D eigenvalue weighted by molar-refractivity contribution is 7.13. The van der Waals surface area contributed by atoms with Gasteiger partial charge in [0, 0.05) is 22.2 Å². The zero-order valence-corrected chi connectivity index (χ0v) is 16.1. The zero-order chi connectivity index (χ0) is 20.1. The predicted molar refractivity (Wildman–Crippen MR) is 110 cm³/mol. The summed E-state index contributed by atoms with van der Waals surface area (Å²) >= 11 is 1.54. The number of aromatic nitrogens is 1. The van der Waals surface area contributed by atoms with E-state index in [1.807, 2.05) is 29.6 Å². The van der Waals surface area contributed by atoms with Crippen molar-refractivity contribution < 1.29 is 0 Å². The van der Waals surface area contributed by atoms with Crippen LogP contribution in [0.1, 0.15) is 11.1 Å². The van der Waals surface area contributed by atoms with Crippen molar-refractivity contribution in [2.24, 2.45) is 0 Å². The molecular formula is C22H15N5S. The van der Waals surface area contributed by atoms with Gasteiger partial charge >= 0.3 is 0 Å². The monoisotopic (exact) mass is 381 g/mol. The van der Waals surface area contributed by atoms with Gasteiger partial charge in [0.15, 0.2) is 5.57 Å². The lowest BCUT2D eigenvalue weighted by atomic mass is 10.0. The molecule has 0 aliphatic heterocycles. The van der Waals surface area contributed by atoms with E-state index in [-0.39, 0.29) is 11.3 Å². The van der Waals surface area contributed by atoms with Crippen molar-refractivity contribution in [2.75, 3.05) is 5.32 Å². The van der Waals surface area contributed by atoms with Gasteiger partial charge in [-0.15, -0.1) is 11.3 Å². The van der Waals surface area contributed by atoms with Gasteiger partial charge in [-0.1, -0.05) is 35.9 Å². The molecule has 6 heteroatoms. The molecule has 0 aliphatic rings. The van der Waals surface area contributed by atoms with Crippen LogP contribution in [-0.2, 0) is 0 Å². The van der Waals surface area contributed by atoms with Crippen molar-refractivity contribution in [3.05, 3.63) is 70.2 Å². The number of rotatable bonds is 4. The summed E-state index contributed by atoms with van der Waals surface area (Å²) < 4.78 is 0. The van der Waals surface area contributed by atoms with Crippen molar-refractivity contribution in [2.45, 2.75) is 13.8 Å². The molecule has 3 rings (SSSR count). The number of hydrogen-bond acceptors (Lipinski definition) is 6. The van der Waals surface area contributed by atoms with Gasteiger partial charge in [-0.2, -0.15) is 15.8 Å². The normalized spacial score (nSPS) is 9.68. The Morgan fingerprint density at radius 2 is 1.79 bits per heavy atom. The lowest BCUT2D eigenvalue weighted by Crippen LogP contribution is -2.00. The van der Waals surface area contributed by atoms with Crippen LogP contribution in [-0.4, -0.2) is 4.98 Å². The maximum absolute atomic E-state index is 9.20. The van der Waals surface area contributed by atoms with Gasteiger partial charge in [0.1, 0.15) is 28.9 Å². The summed E-state index contributed by atoms with van der Waals surface area (Å²) in [7, 11) is 0. The SMILES string of the molecule is Cc1ccc(-c2csc(-c3cccc(NC(C#N)=C(C#N)C#N)c3)n2)c(C)c1. The van der Waals surface area contributed by atoms with Gasteiger partial charge in [-0.3, -0.25) is 0 Å². The lowest BCUT2D eigenvalue weighted by Gasteiger charge is -2.06. The van der Waals surface area contributed by atoms with Crippen molar-refractivity contribution >= 4 is 17.0 Å². The summed E-state index contributed by atoms with van der Waals surface area (Å²) in [5.41, 5.74) is 5.59. The largest absolute Gasteiger partial charge is 0.345 e. The van der Waals surface area contributed by atoms with Crippen molar-refractivity contribution in [3.8, 4) is 40.0 Å². The van der Waals surface area contributed by atoms with Crippen LogP contribution in [0.15, 0.2) is 59.1 Å². The minimum Gasteiger partial charge on any atom is -0.345 e. The summed E-state index contributed by atoms with van der Waals surface area (Å²) in [5, 5.41) is 32.8. The fraction of sp³-hybridized carbons (Fsp3) is 0.0909. The maximum atomic E-state index is 9.20. The van der Waals surface area contributed by atoms with Crippen LogP contribution in [0.2, 0.25) is 0 Å². The summed E-state index contributed by atoms with van der Waals surface area (Å²) in [4.78, 5) is 4.76. The second-order valence-electron chi connectivity index (χ2n) is 6.15. The van der Waals surface area contributed by atoms with E-state index in [4.69, 9.17) is 15.5 Å². The van der Waals surface area contributed by atoms with E-state index in [1.54, 1.807) is 18.2 Å². The number of nitriles is 3. The second-order valence-corrected chi connectivity index (χ2v) is 7.01. The molecule has 0 amide bonds. The molecule has 0 atom stereocenters. The smallest absolute Gasteiger partial charge is 0.163 e. The molecule has 0 bridgehead atoms. The molecule has 0 aliphatic carbocycles. The van der Waals surface area contributed by atoms with Crippen LogP contribution in [0.3, 0.4) is 0 Å². The summed E-state index contributed by atoms with van der Waals surface area (Å²) in [6, 6.07) is 19.0. The summed E-state index contributed by atoms with van der Waals surface area (Å²) in [6.07, 6.45) is 0. The zero-order valence-electron chi connectivity index (χ0n) is 15.3. The molecule has 0 saturated heterocycles. The minimum absolute atomic E-state index is 0.0720. The molecule has 3 aromatic rings. The third-order valence-corrected chi connectivity index (χ3v) is 5.02. The Morgan fingerprint density at radius 3 is 2.46 bits per heavy atom. The van der Waals surface area contributed by atoms with E-state index in [0.717, 1.165) is 21.8 Å². The standard InChI is InChI=1S/C22H15N5S/c1-14-6-7-19(15(2)8-14)21-13-28-22(27-21)16-4-3-5-18(9-16)26-20(12-25)17(10-23)11-24/h3-9,13,26H,1-2H3. The molecule has 0 unspecified atom stereocenters. The van der Waals surface area contributed by atoms with Crippen LogP contribution in [0, 0.1) is 47.8 Å². The Hall–Kier alpha value is -3.92. The number of nitrogens with zero attached hydrogens (tertiary/aromatic N) is 4. The highest BCUT2D eigenvalue weighted by atomic mass is 32.1. The first kappa shape index (κ1) is 18.9. The number of aryl methyl sites for hydroxylation is 2. The molecule has 1 aromatic heterocycles. The highest BCUT2D eigenvalue weighted by Crippen LogP contribution is 2.32. The van der Waals surface area contributed by atoms with Gasteiger partial charge in [-0.05, 0) is 31.5 Å². The molecule has 0 radical (unpaired) electrons. The van der Waals surface area contributed by atoms with E-state index in [9.17, 15) is 5.26 Å². The molecule has 0 saturated carbocycles. The Kier molecular flexibility index (Phi) is 5.51. The van der Waals surface area contributed by atoms with Crippen LogP contribution in [0.5, 0.6) is 0 Å². The third-order valence-electron chi connectivity index (χ3n) is 4.13. The average Bonchev–Trinajstić information content (AvgIpc) is 3.18. The van der Waals surface area contributed by atoms with Gasteiger partial charge in [0.05, 0.1) is 5.69 Å². The number of allylic oxidation sites excluding steroid dienone is 2. The van der Waals surface area contributed by atoms with E-state index in [1.165, 1.54) is 22.5 Å². The first-order chi connectivity index (χ1) is 13.5. The van der Waals surface area contributed by atoms with E-state index in [2.05, 4.69) is 37.4 Å². The first-order valence-electron chi connectivity index (χ1n) is 8.41. The van der Waals surface area contributed by atoms with Crippen LogP contribution in [0.25, 0.3) is 21.8 Å². The van der Waals surface area contributed by atoms with Crippen molar-refractivity contribution in [1.29, 1.82) is 15.8 Å². The summed E-state index contributed by atoms with van der Waals surface area (Å²) in [5.74, 6) is 0. The van der Waals surface area contributed by atoms with E-state index >= 15 is 0 Å². The lowest BCUT2D eigenvalue weighted by molar-refractivity contribution is 1.34. The van der Waals surface area contributed by atoms with Gasteiger partial charge in [-0.25, -0.2) is 4.98 Å². The van der Waals surface area contributed by atoms with E-state index in [0.29, 0.717) is 5.69 Å². The number of thiazole rings is 1. The van der Waals surface area contributed by atoms with Gasteiger partial charge < -0.3 is 5.32 Å². The Bertz CT molecular complexity index is 1180. The minimum atomic E-state index is -0.251. The Balaban J connectivity index is 1.93. The topological polar surface area (TPSA) is 96.3 Å². The van der Waals surface area contributed by atoms with Crippen LogP contribution < -0.4 is 5.32 Å². The molecule has 28 heavy (non-hydrogen) atoms. The van der Waals surface area contributed by atoms with Crippen LogP contribution in [0.4, 0.5) is 5.69 Å². The molecule has 5 nitrogen and oxygen atoms in total. The first-order valence-corrected chi connectivity index (χ1v) is 9.29. The molecule has 1 N–H and O–H groups in total. The fourth-order valence-corrected chi connectivity index (χ4v) is 3.61. The third kappa shape index (κ3) is 3.91. The van der Waals surface area contributed by atoms with Crippen molar-refractivity contribution in [3.63, 3.8) is 0 Å². The maximum Gasteiger partial charge on any atom is 0.163 e. The molecule has 2 aromatic carbocycles. The number of hydrogen-bond donors (Lipinski definition) is 1. The number of anilines is 1. The highest BCUT2D eigenvalue weighted by Gasteiger charge is 2.11. The van der Waals surface area contributed by atoms with Crippen LogP contribution >= 0.6 is 11.3 Å². The molecule has 0 fully saturated rings. The Morgan fingerprint density at radius 1 is 1.00 bits per heavy atom. The van der Waals surface area contributed by atoms with Gasteiger partial charge in [0.25, 0.3) is 0 Å². The fourth-order valence-electron chi connectivity index (χ4n) is 2.79. The number of benzene rings is 2. The quantitative estimate of drug-likeness (QED) is 0.616. The van der Waals surface area contributed by atoms with E-state index < -0.39 is 0 Å². The number of nitrogens with one attached hydrogen (secondary N) is 1. The predicted octanol–water partition coefficient (Wildman–Crippen LogP) is 5.33. The molecule has 134 valence electrons. The average molecular weight is 381 g/mol. The molecule has 0 spiro atoms. The Labute approximate surface area is 167 Å². The summed E-state index contributed by atoms with van der Waals surface area (Å²) in [6.45, 7) is 4.14. The molecular weight excluding hydrogens is 366 g/mol.